The van der Waals surface area contributed by atoms with E-state index in [2.05, 4.69) is 18.8 Å². The van der Waals surface area contributed by atoms with Crippen LogP contribution in [0.4, 0.5) is 5.69 Å². The fourth-order valence-corrected chi connectivity index (χ4v) is 1.97. The molecule has 98 valence electrons. The van der Waals surface area contributed by atoms with Crippen molar-refractivity contribution in [2.24, 2.45) is 0 Å². The average molecular weight is 265 g/mol. The van der Waals surface area contributed by atoms with Crippen molar-refractivity contribution in [3.8, 4) is 11.8 Å². The molecule has 4 heteroatoms. The van der Waals surface area contributed by atoms with Gasteiger partial charge in [0.1, 0.15) is 0 Å². The Kier molecular flexibility index (Phi) is 5.24. The van der Waals surface area contributed by atoms with Crippen molar-refractivity contribution in [3.05, 3.63) is 29.8 Å². The van der Waals surface area contributed by atoms with Crippen molar-refractivity contribution in [2.45, 2.75) is 26.2 Å². The SMILES string of the molecule is CCCCC#Cc1ccccc1N(C)S(C)(=O)=O. The second-order valence-electron chi connectivity index (χ2n) is 4.15. The lowest BCUT2D eigenvalue weighted by molar-refractivity contribution is 0.600. The summed E-state index contributed by atoms with van der Waals surface area (Å²) >= 11 is 0. The van der Waals surface area contributed by atoms with Gasteiger partial charge in [-0.05, 0) is 18.6 Å². The molecule has 0 saturated heterocycles. The van der Waals surface area contributed by atoms with E-state index in [1.165, 1.54) is 10.6 Å². The first-order valence-electron chi connectivity index (χ1n) is 5.98. The molecule has 0 amide bonds. The van der Waals surface area contributed by atoms with Gasteiger partial charge in [0.05, 0.1) is 11.9 Å². The van der Waals surface area contributed by atoms with Crippen molar-refractivity contribution in [2.75, 3.05) is 17.6 Å². The van der Waals surface area contributed by atoms with Crippen molar-refractivity contribution < 1.29 is 8.42 Å². The standard InChI is InChI=1S/C14H19NO2S/c1-4-5-6-7-10-13-11-8-9-12-14(13)15(2)18(3,16)17/h8-9,11-12H,4-6H2,1-3H3. The molecule has 0 unspecified atom stereocenters. The molecule has 0 aliphatic carbocycles. The van der Waals surface area contributed by atoms with Crippen molar-refractivity contribution >= 4 is 15.7 Å². The number of benzene rings is 1. The van der Waals surface area contributed by atoms with Gasteiger partial charge in [-0.1, -0.05) is 37.3 Å². The normalized spacial score (nSPS) is 10.6. The van der Waals surface area contributed by atoms with E-state index >= 15 is 0 Å². The second-order valence-corrected chi connectivity index (χ2v) is 6.17. The summed E-state index contributed by atoms with van der Waals surface area (Å²) in [5.74, 6) is 6.12. The molecule has 0 N–H and O–H groups in total. The summed E-state index contributed by atoms with van der Waals surface area (Å²) in [6.07, 6.45) is 4.21. The summed E-state index contributed by atoms with van der Waals surface area (Å²) in [6.45, 7) is 2.12. The Morgan fingerprint density at radius 1 is 1.28 bits per heavy atom. The monoisotopic (exact) mass is 265 g/mol. The number of unbranched alkanes of at least 4 members (excludes halogenated alkanes) is 2. The third-order valence-electron chi connectivity index (χ3n) is 2.62. The maximum atomic E-state index is 11.5. The molecule has 0 heterocycles. The van der Waals surface area contributed by atoms with Crippen molar-refractivity contribution in [1.82, 2.24) is 0 Å². The van der Waals surface area contributed by atoms with Crippen molar-refractivity contribution in [3.63, 3.8) is 0 Å². The van der Waals surface area contributed by atoms with Gasteiger partial charge < -0.3 is 0 Å². The van der Waals surface area contributed by atoms with Gasteiger partial charge in [0, 0.05) is 19.0 Å². The number of sulfonamides is 1. The van der Waals surface area contributed by atoms with E-state index in [0.29, 0.717) is 5.69 Å². The van der Waals surface area contributed by atoms with Gasteiger partial charge in [-0.15, -0.1) is 0 Å². The van der Waals surface area contributed by atoms with Gasteiger partial charge in [-0.3, -0.25) is 4.31 Å². The van der Waals surface area contributed by atoms with Gasteiger partial charge in [-0.2, -0.15) is 0 Å². The molecule has 0 atom stereocenters. The fourth-order valence-electron chi connectivity index (χ4n) is 1.46. The zero-order chi connectivity index (χ0) is 13.6. The fraction of sp³-hybridized carbons (Fsp3) is 0.429. The average Bonchev–Trinajstić information content (AvgIpc) is 2.33. The highest BCUT2D eigenvalue weighted by atomic mass is 32.2. The first-order valence-corrected chi connectivity index (χ1v) is 7.83. The van der Waals surface area contributed by atoms with E-state index in [9.17, 15) is 8.42 Å². The molecule has 0 aromatic heterocycles. The molecule has 1 rings (SSSR count). The van der Waals surface area contributed by atoms with Crippen molar-refractivity contribution in [1.29, 1.82) is 0 Å². The number of hydrogen-bond donors (Lipinski definition) is 0. The van der Waals surface area contributed by atoms with Crippen LogP contribution in [0.5, 0.6) is 0 Å². The first-order chi connectivity index (χ1) is 8.46. The predicted molar refractivity (Wildman–Crippen MR) is 76.1 cm³/mol. The van der Waals surface area contributed by atoms with Crippen LogP contribution in [0.3, 0.4) is 0 Å². The molecular formula is C14H19NO2S. The van der Waals surface area contributed by atoms with Crippen LogP contribution < -0.4 is 4.31 Å². The van der Waals surface area contributed by atoms with Crippen LogP contribution in [0.25, 0.3) is 0 Å². The minimum absolute atomic E-state index is 0.629. The maximum Gasteiger partial charge on any atom is 0.232 e. The Labute approximate surface area is 110 Å². The Balaban J connectivity index is 3.02. The van der Waals surface area contributed by atoms with Gasteiger partial charge >= 0.3 is 0 Å². The molecule has 0 spiro atoms. The summed E-state index contributed by atoms with van der Waals surface area (Å²) in [5.41, 5.74) is 1.38. The topological polar surface area (TPSA) is 37.4 Å². The van der Waals surface area contributed by atoms with Crippen LogP contribution >= 0.6 is 0 Å². The van der Waals surface area contributed by atoms with Crippen LogP contribution in [0.15, 0.2) is 24.3 Å². The first kappa shape index (κ1) is 14.6. The molecule has 1 aromatic carbocycles. The van der Waals surface area contributed by atoms with Gasteiger partial charge in [-0.25, -0.2) is 8.42 Å². The number of nitrogens with zero attached hydrogens (tertiary/aromatic N) is 1. The minimum atomic E-state index is -3.25. The molecule has 1 aromatic rings. The highest BCUT2D eigenvalue weighted by Gasteiger charge is 2.14. The molecule has 3 nitrogen and oxygen atoms in total. The van der Waals surface area contributed by atoms with E-state index in [1.54, 1.807) is 13.1 Å². The summed E-state index contributed by atoms with van der Waals surface area (Å²) < 4.78 is 24.3. The highest BCUT2D eigenvalue weighted by Crippen LogP contribution is 2.20. The molecule has 0 bridgehead atoms. The van der Waals surface area contributed by atoms with E-state index in [1.807, 2.05) is 18.2 Å². The molecule has 18 heavy (non-hydrogen) atoms. The summed E-state index contributed by atoms with van der Waals surface area (Å²) in [7, 11) is -1.70. The Morgan fingerprint density at radius 3 is 2.56 bits per heavy atom. The summed E-state index contributed by atoms with van der Waals surface area (Å²) in [5, 5.41) is 0. The molecule has 0 aliphatic heterocycles. The highest BCUT2D eigenvalue weighted by molar-refractivity contribution is 7.92. The minimum Gasteiger partial charge on any atom is -0.272 e. The zero-order valence-corrected chi connectivity index (χ0v) is 11.9. The van der Waals surface area contributed by atoms with Crippen LogP contribution in [0.2, 0.25) is 0 Å². The van der Waals surface area contributed by atoms with E-state index in [0.717, 1.165) is 24.8 Å². The largest absolute Gasteiger partial charge is 0.272 e. The number of anilines is 1. The Hall–Kier alpha value is -1.47. The van der Waals surface area contributed by atoms with E-state index < -0.39 is 10.0 Å². The second kappa shape index (κ2) is 6.46. The summed E-state index contributed by atoms with van der Waals surface area (Å²) in [4.78, 5) is 0. The van der Waals surface area contributed by atoms with Crippen LogP contribution in [0.1, 0.15) is 31.7 Å². The molecule has 0 radical (unpaired) electrons. The number of hydrogen-bond acceptors (Lipinski definition) is 2. The molecular weight excluding hydrogens is 246 g/mol. The van der Waals surface area contributed by atoms with E-state index in [-0.39, 0.29) is 0 Å². The Bertz CT molecular complexity index is 553. The molecule has 0 saturated carbocycles. The number of para-hydroxylation sites is 1. The molecule has 0 aliphatic rings. The smallest absolute Gasteiger partial charge is 0.232 e. The third-order valence-corrected chi connectivity index (χ3v) is 3.81. The van der Waals surface area contributed by atoms with Gasteiger partial charge in [0.15, 0.2) is 0 Å². The predicted octanol–water partition coefficient (Wildman–Crippen LogP) is 2.62. The lowest BCUT2D eigenvalue weighted by atomic mass is 10.1. The Morgan fingerprint density at radius 2 is 1.94 bits per heavy atom. The van der Waals surface area contributed by atoms with Gasteiger partial charge in [0.2, 0.25) is 10.0 Å². The van der Waals surface area contributed by atoms with Gasteiger partial charge in [0.25, 0.3) is 0 Å². The lowest BCUT2D eigenvalue weighted by Gasteiger charge is -2.17. The van der Waals surface area contributed by atoms with Crippen LogP contribution in [0, 0.1) is 11.8 Å². The van der Waals surface area contributed by atoms with Crippen LogP contribution in [-0.2, 0) is 10.0 Å². The maximum absolute atomic E-state index is 11.5. The lowest BCUT2D eigenvalue weighted by Crippen LogP contribution is -2.25. The van der Waals surface area contributed by atoms with E-state index in [4.69, 9.17) is 0 Å². The number of rotatable bonds is 4. The molecule has 0 fully saturated rings. The van der Waals surface area contributed by atoms with Crippen LogP contribution in [-0.4, -0.2) is 21.7 Å². The quantitative estimate of drug-likeness (QED) is 0.620. The zero-order valence-electron chi connectivity index (χ0n) is 11.1. The summed E-state index contributed by atoms with van der Waals surface area (Å²) in [6, 6.07) is 7.29. The third kappa shape index (κ3) is 4.08.